The van der Waals surface area contributed by atoms with Crippen LogP contribution in [0.3, 0.4) is 0 Å². The van der Waals surface area contributed by atoms with E-state index >= 15 is 0 Å². The molecule has 1 N–H and O–H groups in total. The predicted molar refractivity (Wildman–Crippen MR) is 83.0 cm³/mol. The van der Waals surface area contributed by atoms with Crippen molar-refractivity contribution >= 4 is 15.9 Å². The molecular weight excluding hydrogens is 288 g/mol. The number of benzene rings is 1. The van der Waals surface area contributed by atoms with Gasteiger partial charge in [-0.3, -0.25) is 0 Å². The average molecular weight is 313 g/mol. The van der Waals surface area contributed by atoms with E-state index in [4.69, 9.17) is 0 Å². The maximum atomic E-state index is 3.65. The number of halogens is 1. The van der Waals surface area contributed by atoms with Gasteiger partial charge in [0, 0.05) is 10.5 Å². The summed E-state index contributed by atoms with van der Waals surface area (Å²) in [5, 5.41) is 3.58. The first-order valence-corrected chi connectivity index (χ1v) is 7.64. The molecule has 1 aromatic carbocycles. The molecule has 0 spiro atoms. The summed E-state index contributed by atoms with van der Waals surface area (Å²) in [5.74, 6) is 0. The summed E-state index contributed by atoms with van der Waals surface area (Å²) in [6, 6.07) is 8.94. The average Bonchev–Trinajstić information content (AvgIpc) is 2.36. The molecule has 0 heterocycles. The Bertz CT molecular complexity index is 341. The maximum absolute atomic E-state index is 3.65. The smallest absolute Gasteiger partial charge is 0.0343 e. The fourth-order valence-electron chi connectivity index (χ4n) is 2.21. The van der Waals surface area contributed by atoms with E-state index in [1.54, 1.807) is 0 Å². The molecule has 0 radical (unpaired) electrons. The minimum atomic E-state index is 0.435. The summed E-state index contributed by atoms with van der Waals surface area (Å²) in [6.45, 7) is 7.71. The molecule has 1 rings (SSSR count). The van der Waals surface area contributed by atoms with Crippen LogP contribution in [-0.2, 0) is 0 Å². The SMILES string of the molecule is CCCN(C)CCC(NCC)c1ccccc1Br. The van der Waals surface area contributed by atoms with Gasteiger partial charge in [-0.2, -0.15) is 0 Å². The Hall–Kier alpha value is -0.380. The Morgan fingerprint density at radius 2 is 1.94 bits per heavy atom. The molecule has 1 atom stereocenters. The fraction of sp³-hybridized carbons (Fsp3) is 0.600. The molecule has 0 amide bonds. The van der Waals surface area contributed by atoms with Crippen LogP contribution in [0.1, 0.15) is 38.3 Å². The van der Waals surface area contributed by atoms with Crippen molar-refractivity contribution < 1.29 is 0 Å². The molecule has 0 saturated heterocycles. The Labute approximate surface area is 120 Å². The van der Waals surface area contributed by atoms with E-state index in [0.29, 0.717) is 6.04 Å². The van der Waals surface area contributed by atoms with Gasteiger partial charge in [-0.1, -0.05) is 48.0 Å². The third-order valence-corrected chi connectivity index (χ3v) is 3.86. The van der Waals surface area contributed by atoms with E-state index in [0.717, 1.165) is 19.5 Å². The second-order valence-corrected chi connectivity index (χ2v) is 5.58. The lowest BCUT2D eigenvalue weighted by Crippen LogP contribution is -2.28. The van der Waals surface area contributed by atoms with Crippen LogP contribution in [0.5, 0.6) is 0 Å². The van der Waals surface area contributed by atoms with Crippen molar-refractivity contribution in [1.82, 2.24) is 10.2 Å². The third kappa shape index (κ3) is 5.09. The second-order valence-electron chi connectivity index (χ2n) is 4.72. The van der Waals surface area contributed by atoms with Crippen LogP contribution in [0.4, 0.5) is 0 Å². The molecule has 0 bridgehead atoms. The zero-order chi connectivity index (χ0) is 13.4. The van der Waals surface area contributed by atoms with Gasteiger partial charge in [0.1, 0.15) is 0 Å². The molecule has 0 aliphatic carbocycles. The van der Waals surface area contributed by atoms with E-state index < -0.39 is 0 Å². The van der Waals surface area contributed by atoms with Gasteiger partial charge in [0.05, 0.1) is 0 Å². The zero-order valence-electron chi connectivity index (χ0n) is 11.7. The molecule has 0 aliphatic heterocycles. The molecule has 0 aliphatic rings. The van der Waals surface area contributed by atoms with Gasteiger partial charge in [0.25, 0.3) is 0 Å². The minimum Gasteiger partial charge on any atom is -0.310 e. The van der Waals surface area contributed by atoms with Gasteiger partial charge in [0.2, 0.25) is 0 Å². The van der Waals surface area contributed by atoms with Gasteiger partial charge in [-0.25, -0.2) is 0 Å². The summed E-state index contributed by atoms with van der Waals surface area (Å²) in [6.07, 6.45) is 2.37. The van der Waals surface area contributed by atoms with Crippen LogP contribution in [-0.4, -0.2) is 31.6 Å². The predicted octanol–water partition coefficient (Wildman–Crippen LogP) is 3.83. The highest BCUT2D eigenvalue weighted by Gasteiger charge is 2.13. The lowest BCUT2D eigenvalue weighted by Gasteiger charge is -2.23. The molecule has 3 heteroatoms. The van der Waals surface area contributed by atoms with Gasteiger partial charge < -0.3 is 10.2 Å². The molecule has 0 saturated carbocycles. The highest BCUT2D eigenvalue weighted by Crippen LogP contribution is 2.25. The lowest BCUT2D eigenvalue weighted by molar-refractivity contribution is 0.308. The largest absolute Gasteiger partial charge is 0.310 e. The van der Waals surface area contributed by atoms with E-state index in [-0.39, 0.29) is 0 Å². The summed E-state index contributed by atoms with van der Waals surface area (Å²) in [7, 11) is 2.20. The summed E-state index contributed by atoms with van der Waals surface area (Å²) in [4.78, 5) is 2.40. The summed E-state index contributed by atoms with van der Waals surface area (Å²) in [5.41, 5.74) is 1.37. The van der Waals surface area contributed by atoms with Crippen molar-refractivity contribution in [2.45, 2.75) is 32.7 Å². The Kier molecular flexibility index (Phi) is 7.56. The standard InChI is InChI=1S/C15H25BrN2/c1-4-11-18(3)12-10-15(17-5-2)13-8-6-7-9-14(13)16/h6-9,15,17H,4-5,10-12H2,1-3H3. The number of nitrogens with zero attached hydrogens (tertiary/aromatic N) is 1. The Balaban J connectivity index is 2.62. The highest BCUT2D eigenvalue weighted by molar-refractivity contribution is 9.10. The van der Waals surface area contributed by atoms with Crippen molar-refractivity contribution in [3.63, 3.8) is 0 Å². The van der Waals surface area contributed by atoms with E-state index in [1.165, 1.54) is 23.0 Å². The first-order valence-electron chi connectivity index (χ1n) is 6.85. The third-order valence-electron chi connectivity index (χ3n) is 3.14. The lowest BCUT2D eigenvalue weighted by atomic mass is 10.0. The van der Waals surface area contributed by atoms with Crippen LogP contribution in [0.15, 0.2) is 28.7 Å². The van der Waals surface area contributed by atoms with E-state index in [1.807, 2.05) is 0 Å². The Morgan fingerprint density at radius 3 is 2.56 bits per heavy atom. The fourth-order valence-corrected chi connectivity index (χ4v) is 2.78. The number of hydrogen-bond donors (Lipinski definition) is 1. The zero-order valence-corrected chi connectivity index (χ0v) is 13.3. The summed E-state index contributed by atoms with van der Waals surface area (Å²) >= 11 is 3.65. The van der Waals surface area contributed by atoms with Crippen LogP contribution >= 0.6 is 15.9 Å². The first-order chi connectivity index (χ1) is 8.69. The molecule has 1 unspecified atom stereocenters. The quantitative estimate of drug-likeness (QED) is 0.784. The molecule has 1 aromatic rings. The van der Waals surface area contributed by atoms with Gasteiger partial charge in [-0.05, 0) is 51.2 Å². The second kappa shape index (κ2) is 8.68. The first kappa shape index (κ1) is 15.7. The van der Waals surface area contributed by atoms with Crippen LogP contribution in [0.2, 0.25) is 0 Å². The van der Waals surface area contributed by atoms with Crippen molar-refractivity contribution in [2.24, 2.45) is 0 Å². The van der Waals surface area contributed by atoms with Crippen LogP contribution < -0.4 is 5.32 Å². The number of nitrogens with one attached hydrogen (secondary N) is 1. The van der Waals surface area contributed by atoms with Gasteiger partial charge in [0.15, 0.2) is 0 Å². The van der Waals surface area contributed by atoms with Crippen molar-refractivity contribution in [1.29, 1.82) is 0 Å². The van der Waals surface area contributed by atoms with E-state index in [2.05, 4.69) is 71.3 Å². The summed E-state index contributed by atoms with van der Waals surface area (Å²) < 4.78 is 1.20. The van der Waals surface area contributed by atoms with Gasteiger partial charge in [-0.15, -0.1) is 0 Å². The molecule has 102 valence electrons. The molecular formula is C15H25BrN2. The normalized spacial score (nSPS) is 12.9. The van der Waals surface area contributed by atoms with Crippen LogP contribution in [0, 0.1) is 0 Å². The number of hydrogen-bond acceptors (Lipinski definition) is 2. The minimum absolute atomic E-state index is 0.435. The molecule has 18 heavy (non-hydrogen) atoms. The van der Waals surface area contributed by atoms with Crippen LogP contribution in [0.25, 0.3) is 0 Å². The van der Waals surface area contributed by atoms with Crippen molar-refractivity contribution in [2.75, 3.05) is 26.7 Å². The monoisotopic (exact) mass is 312 g/mol. The Morgan fingerprint density at radius 1 is 1.22 bits per heavy atom. The topological polar surface area (TPSA) is 15.3 Å². The molecule has 0 aromatic heterocycles. The van der Waals surface area contributed by atoms with Gasteiger partial charge >= 0.3 is 0 Å². The van der Waals surface area contributed by atoms with Crippen molar-refractivity contribution in [3.05, 3.63) is 34.3 Å². The van der Waals surface area contributed by atoms with E-state index in [9.17, 15) is 0 Å². The maximum Gasteiger partial charge on any atom is 0.0343 e. The molecule has 0 fully saturated rings. The number of rotatable bonds is 8. The molecule has 2 nitrogen and oxygen atoms in total. The van der Waals surface area contributed by atoms with Crippen molar-refractivity contribution in [3.8, 4) is 0 Å². The highest BCUT2D eigenvalue weighted by atomic mass is 79.9.